The van der Waals surface area contributed by atoms with Gasteiger partial charge in [0.15, 0.2) is 0 Å². The first-order valence-electron chi connectivity index (χ1n) is 25.3. The monoisotopic (exact) mass is 1010 g/mol. The average molecular weight is 1010 g/mol. The van der Waals surface area contributed by atoms with E-state index in [4.69, 9.17) is 15.0 Å². The summed E-state index contributed by atoms with van der Waals surface area (Å²) >= 11 is 3.24. The van der Waals surface area contributed by atoms with Crippen molar-refractivity contribution in [3.63, 3.8) is 0 Å². The van der Waals surface area contributed by atoms with Gasteiger partial charge in [-0.2, -0.15) is 0 Å². The molecule has 0 amide bonds. The number of fused-ring (bicyclic) bond motifs is 8. The Labute approximate surface area is 445 Å². The van der Waals surface area contributed by atoms with Gasteiger partial charge in [0, 0.05) is 78.2 Å². The van der Waals surface area contributed by atoms with E-state index in [2.05, 4.69) is 280 Å². The lowest BCUT2D eigenvalue weighted by molar-refractivity contribution is 1.18. The van der Waals surface area contributed by atoms with Crippen LogP contribution in [0.25, 0.3) is 96.8 Å². The quantitative estimate of drug-likeness (QED) is 0.137. The van der Waals surface area contributed by atoms with Gasteiger partial charge in [-0.25, -0.2) is 15.0 Å². The van der Waals surface area contributed by atoms with Crippen LogP contribution in [0.3, 0.4) is 0 Å². The molecule has 15 rings (SSSR count). The summed E-state index contributed by atoms with van der Waals surface area (Å²) < 4.78 is 4.73. The summed E-state index contributed by atoms with van der Waals surface area (Å²) in [6, 6.07) is 92.9. The highest BCUT2D eigenvalue weighted by Crippen LogP contribution is 2.43. The third kappa shape index (κ3) is 7.43. The lowest BCUT2D eigenvalue weighted by Crippen LogP contribution is -2.09. The molecular weight excluding hydrogens is 967 g/mol. The normalized spacial score (nSPS) is 11.7. The van der Waals surface area contributed by atoms with Crippen LogP contribution in [-0.2, 0) is 0 Å². The minimum Gasteiger partial charge on any atom is -0.310 e. The number of para-hydroxylation sites is 6. The van der Waals surface area contributed by atoms with E-state index in [0.29, 0.717) is 0 Å². The summed E-state index contributed by atoms with van der Waals surface area (Å²) in [6.45, 7) is 0. The first-order chi connectivity index (χ1) is 37.7. The predicted molar refractivity (Wildman–Crippen MR) is 320 cm³/mol. The fraction of sp³-hybridized carbons (Fsp3) is 0. The minimum absolute atomic E-state index is 0.854. The Morgan fingerprint density at radius 2 is 0.618 bits per heavy atom. The molecule has 0 aliphatic rings. The molecule has 5 heterocycles. The predicted octanol–water partition coefficient (Wildman–Crippen LogP) is 18.8. The SMILES string of the molecule is c1ccc(N(c2ccccc2)c2ccc3c(c2)c2ccccc2n3-c2ccc(-c3nc4cc5nc(-c6ccc(-n7c8ccccc8c8cc(N(c9ccccc9)c9ccccc9)ccc87)cc6)sc5nc4s3)cc2)cc1. The van der Waals surface area contributed by atoms with E-state index in [-0.39, 0.29) is 0 Å². The zero-order valence-corrected chi connectivity index (χ0v) is 42.4. The Morgan fingerprint density at radius 1 is 0.276 bits per heavy atom. The molecule has 0 aliphatic heterocycles. The van der Waals surface area contributed by atoms with Gasteiger partial charge in [0.2, 0.25) is 0 Å². The largest absolute Gasteiger partial charge is 0.310 e. The lowest BCUT2D eigenvalue weighted by Gasteiger charge is -2.25. The summed E-state index contributed by atoms with van der Waals surface area (Å²) in [6.07, 6.45) is 0. The number of pyridine rings is 1. The third-order valence-electron chi connectivity index (χ3n) is 14.4. The van der Waals surface area contributed by atoms with Crippen LogP contribution in [0, 0.1) is 0 Å². The minimum atomic E-state index is 0.854. The molecule has 0 fully saturated rings. The molecule has 0 spiro atoms. The molecule has 10 aromatic carbocycles. The van der Waals surface area contributed by atoms with E-state index in [1.54, 1.807) is 22.7 Å². The number of thiazole rings is 2. The fourth-order valence-corrected chi connectivity index (χ4v) is 12.8. The molecule has 9 heteroatoms. The summed E-state index contributed by atoms with van der Waals surface area (Å²) in [5.41, 5.74) is 17.3. The first-order valence-corrected chi connectivity index (χ1v) is 27.0. The van der Waals surface area contributed by atoms with Gasteiger partial charge in [-0.3, -0.25) is 0 Å². The highest BCUT2D eigenvalue weighted by molar-refractivity contribution is 7.23. The van der Waals surface area contributed by atoms with Gasteiger partial charge in [-0.1, -0.05) is 132 Å². The first kappa shape index (κ1) is 43.9. The Bertz CT molecular complexity index is 4200. The van der Waals surface area contributed by atoms with E-state index < -0.39 is 0 Å². The number of benzene rings is 10. The number of hydrogen-bond acceptors (Lipinski definition) is 7. The summed E-state index contributed by atoms with van der Waals surface area (Å²) in [5.74, 6) is 0. The smallest absolute Gasteiger partial charge is 0.145 e. The summed E-state index contributed by atoms with van der Waals surface area (Å²) in [4.78, 5) is 21.8. The fourth-order valence-electron chi connectivity index (χ4n) is 10.9. The van der Waals surface area contributed by atoms with Crippen molar-refractivity contribution in [2.75, 3.05) is 9.80 Å². The molecule has 0 N–H and O–H groups in total. The molecule has 0 radical (unpaired) electrons. The number of aromatic nitrogens is 5. The molecule has 358 valence electrons. The van der Waals surface area contributed by atoms with Gasteiger partial charge < -0.3 is 18.9 Å². The van der Waals surface area contributed by atoms with E-state index >= 15 is 0 Å². The van der Waals surface area contributed by atoms with Crippen molar-refractivity contribution in [1.82, 2.24) is 24.1 Å². The molecule has 0 bridgehead atoms. The number of hydrogen-bond donors (Lipinski definition) is 0. The summed E-state index contributed by atoms with van der Waals surface area (Å²) in [5, 5.41) is 6.68. The Hall–Kier alpha value is -9.67. The van der Waals surface area contributed by atoms with Crippen molar-refractivity contribution < 1.29 is 0 Å². The summed E-state index contributed by atoms with van der Waals surface area (Å²) in [7, 11) is 0. The van der Waals surface area contributed by atoms with Gasteiger partial charge in [0.05, 0.1) is 22.1 Å². The lowest BCUT2D eigenvalue weighted by atomic mass is 10.1. The highest BCUT2D eigenvalue weighted by Gasteiger charge is 2.21. The Kier molecular flexibility index (Phi) is 10.4. The van der Waals surface area contributed by atoms with Gasteiger partial charge in [0.25, 0.3) is 0 Å². The molecule has 0 atom stereocenters. The standard InChI is InChI=1S/C67H43N7S2/c1-5-17-46(18-6-1)71(47-19-7-2-8-20-47)52-37-39-62-56(41-52)54-25-13-15-27-60(54)73(62)50-33-29-44(30-34-50)64-68-58-43-59-67(70-66(58)75-64)76-65(69-59)45-31-35-51(36-32-45)74-61-28-16-14-26-55(61)57-42-53(38-40-63(57)74)72(48-21-9-3-10-22-48)49-23-11-4-12-24-49/h1-43H. The number of rotatable bonds is 10. The van der Waals surface area contributed by atoms with Crippen LogP contribution in [0.4, 0.5) is 34.1 Å². The topological polar surface area (TPSA) is 55.0 Å². The molecule has 0 saturated carbocycles. The van der Waals surface area contributed by atoms with Gasteiger partial charge in [-0.15, -0.1) is 0 Å². The van der Waals surface area contributed by atoms with Crippen molar-refractivity contribution in [3.8, 4) is 32.5 Å². The second-order valence-electron chi connectivity index (χ2n) is 18.9. The molecule has 0 unspecified atom stereocenters. The van der Waals surface area contributed by atoms with E-state index in [1.807, 2.05) is 0 Å². The molecule has 76 heavy (non-hydrogen) atoms. The highest BCUT2D eigenvalue weighted by atomic mass is 32.1. The number of nitrogens with zero attached hydrogens (tertiary/aromatic N) is 7. The van der Waals surface area contributed by atoms with Crippen LogP contribution < -0.4 is 9.80 Å². The Morgan fingerprint density at radius 3 is 1.00 bits per heavy atom. The van der Waals surface area contributed by atoms with Crippen molar-refractivity contribution in [2.45, 2.75) is 0 Å². The molecule has 5 aromatic heterocycles. The molecular formula is C67H43N7S2. The maximum absolute atomic E-state index is 5.14. The van der Waals surface area contributed by atoms with E-state index in [0.717, 1.165) is 109 Å². The molecule has 0 saturated heterocycles. The second kappa shape index (κ2) is 18.1. The van der Waals surface area contributed by atoms with Gasteiger partial charge in [-0.05, 0) is 152 Å². The average Bonchev–Trinajstić information content (AvgIpc) is 4.32. The second-order valence-corrected chi connectivity index (χ2v) is 20.8. The van der Waals surface area contributed by atoms with Crippen molar-refractivity contribution >= 4 is 121 Å². The van der Waals surface area contributed by atoms with Crippen molar-refractivity contribution in [1.29, 1.82) is 0 Å². The Balaban J connectivity index is 0.718. The molecule has 15 aromatic rings. The van der Waals surface area contributed by atoms with Crippen LogP contribution >= 0.6 is 22.7 Å². The zero-order chi connectivity index (χ0) is 50.1. The van der Waals surface area contributed by atoms with Crippen LogP contribution in [0.1, 0.15) is 0 Å². The van der Waals surface area contributed by atoms with E-state index in [9.17, 15) is 0 Å². The van der Waals surface area contributed by atoms with E-state index in [1.165, 1.54) is 21.5 Å². The van der Waals surface area contributed by atoms with Crippen molar-refractivity contribution in [2.24, 2.45) is 0 Å². The maximum Gasteiger partial charge on any atom is 0.145 e. The van der Waals surface area contributed by atoms with Crippen LogP contribution in [0.2, 0.25) is 0 Å². The third-order valence-corrected chi connectivity index (χ3v) is 16.4. The molecule has 0 aliphatic carbocycles. The van der Waals surface area contributed by atoms with Crippen LogP contribution in [0.5, 0.6) is 0 Å². The van der Waals surface area contributed by atoms with Gasteiger partial charge in [0.1, 0.15) is 30.7 Å². The van der Waals surface area contributed by atoms with Crippen molar-refractivity contribution in [3.05, 3.63) is 261 Å². The maximum atomic E-state index is 5.14. The zero-order valence-electron chi connectivity index (χ0n) is 40.8. The van der Waals surface area contributed by atoms with Crippen LogP contribution in [0.15, 0.2) is 261 Å². The van der Waals surface area contributed by atoms with Crippen LogP contribution in [-0.4, -0.2) is 24.1 Å². The number of anilines is 6. The molecule has 7 nitrogen and oxygen atoms in total. The van der Waals surface area contributed by atoms with Gasteiger partial charge >= 0.3 is 0 Å².